The fourth-order valence-electron chi connectivity index (χ4n) is 3.41. The third kappa shape index (κ3) is 7.28. The first-order valence-electron chi connectivity index (χ1n) is 10.3. The molecule has 1 aliphatic rings. The zero-order chi connectivity index (χ0) is 22.2. The van der Waals surface area contributed by atoms with Crippen molar-refractivity contribution in [3.8, 4) is 0 Å². The number of halogens is 3. The lowest BCUT2D eigenvalue weighted by atomic mass is 10.1. The smallest absolute Gasteiger partial charge is 0.323 e. The highest BCUT2D eigenvalue weighted by Crippen LogP contribution is 2.26. The molecule has 2 aromatic carbocycles. The van der Waals surface area contributed by atoms with Gasteiger partial charge in [-0.1, -0.05) is 41.2 Å². The maximum atomic E-state index is 12.5. The topological polar surface area (TPSA) is 73.5 Å². The lowest BCUT2D eigenvalue weighted by molar-refractivity contribution is 0.0951. The Hall–Kier alpha value is -1.99. The highest BCUT2D eigenvalue weighted by atomic mass is 35.5. The SMILES string of the molecule is O=C(Nc1ccc(Cl)c(Cl)c1)Nc1cc(C(=O)NCCCN2CCCCC2)ccc1Cl. The summed E-state index contributed by atoms with van der Waals surface area (Å²) in [6.07, 6.45) is 4.72. The maximum Gasteiger partial charge on any atom is 0.323 e. The molecule has 2 aromatic rings. The number of hydrogen-bond acceptors (Lipinski definition) is 3. The molecule has 0 unspecified atom stereocenters. The number of carbonyl (C=O) groups is 2. The van der Waals surface area contributed by atoms with Crippen molar-refractivity contribution in [2.45, 2.75) is 25.7 Å². The molecule has 1 fully saturated rings. The number of piperidine rings is 1. The van der Waals surface area contributed by atoms with Gasteiger partial charge in [-0.2, -0.15) is 0 Å². The molecule has 31 heavy (non-hydrogen) atoms. The number of amides is 3. The number of benzene rings is 2. The van der Waals surface area contributed by atoms with Gasteiger partial charge in [-0.3, -0.25) is 4.79 Å². The molecular weight excluding hydrogens is 459 g/mol. The van der Waals surface area contributed by atoms with Gasteiger partial charge < -0.3 is 20.9 Å². The minimum absolute atomic E-state index is 0.205. The first-order chi connectivity index (χ1) is 14.9. The van der Waals surface area contributed by atoms with E-state index in [0.29, 0.717) is 38.6 Å². The lowest BCUT2D eigenvalue weighted by Crippen LogP contribution is -2.33. The third-order valence-electron chi connectivity index (χ3n) is 5.04. The second-order valence-corrected chi connectivity index (χ2v) is 8.64. The Morgan fingerprint density at radius 1 is 0.871 bits per heavy atom. The molecule has 0 atom stereocenters. The van der Waals surface area contributed by atoms with Crippen LogP contribution in [-0.2, 0) is 0 Å². The summed E-state index contributed by atoms with van der Waals surface area (Å²) in [7, 11) is 0. The van der Waals surface area contributed by atoms with Crippen LogP contribution in [0.15, 0.2) is 36.4 Å². The van der Waals surface area contributed by atoms with E-state index < -0.39 is 6.03 Å². The number of nitrogens with one attached hydrogen (secondary N) is 3. The zero-order valence-corrected chi connectivity index (χ0v) is 19.3. The largest absolute Gasteiger partial charge is 0.352 e. The molecular formula is C22H25Cl3N4O2. The van der Waals surface area contributed by atoms with E-state index in [2.05, 4.69) is 20.9 Å². The predicted octanol–water partition coefficient (Wildman–Crippen LogP) is 5.90. The average Bonchev–Trinajstić information content (AvgIpc) is 2.76. The summed E-state index contributed by atoms with van der Waals surface area (Å²) in [5.74, 6) is -0.205. The average molecular weight is 484 g/mol. The number of nitrogens with zero attached hydrogens (tertiary/aromatic N) is 1. The van der Waals surface area contributed by atoms with Crippen molar-refractivity contribution < 1.29 is 9.59 Å². The highest BCUT2D eigenvalue weighted by molar-refractivity contribution is 6.42. The van der Waals surface area contributed by atoms with Gasteiger partial charge in [-0.15, -0.1) is 0 Å². The number of anilines is 2. The normalized spacial score (nSPS) is 14.2. The summed E-state index contributed by atoms with van der Waals surface area (Å²) < 4.78 is 0. The van der Waals surface area contributed by atoms with E-state index in [1.54, 1.807) is 36.4 Å². The van der Waals surface area contributed by atoms with Gasteiger partial charge in [0.2, 0.25) is 0 Å². The van der Waals surface area contributed by atoms with Gasteiger partial charge in [0, 0.05) is 17.8 Å². The van der Waals surface area contributed by atoms with Crippen LogP contribution in [0.3, 0.4) is 0 Å². The summed E-state index contributed by atoms with van der Waals surface area (Å²) in [6.45, 7) is 3.87. The molecule has 166 valence electrons. The Balaban J connectivity index is 1.51. The number of carbonyl (C=O) groups excluding carboxylic acids is 2. The Morgan fingerprint density at radius 2 is 1.61 bits per heavy atom. The lowest BCUT2D eigenvalue weighted by Gasteiger charge is -2.26. The predicted molar refractivity (Wildman–Crippen MR) is 128 cm³/mol. The Labute approximate surface area is 197 Å². The van der Waals surface area contributed by atoms with E-state index in [-0.39, 0.29) is 5.91 Å². The van der Waals surface area contributed by atoms with Gasteiger partial charge in [0.1, 0.15) is 0 Å². The molecule has 0 bridgehead atoms. The number of rotatable bonds is 7. The van der Waals surface area contributed by atoms with Crippen molar-refractivity contribution in [2.24, 2.45) is 0 Å². The van der Waals surface area contributed by atoms with E-state index in [4.69, 9.17) is 34.8 Å². The molecule has 0 aromatic heterocycles. The van der Waals surface area contributed by atoms with Crippen molar-refractivity contribution >= 4 is 58.1 Å². The summed E-state index contributed by atoms with van der Waals surface area (Å²) in [4.78, 5) is 27.2. The van der Waals surface area contributed by atoms with Crippen molar-refractivity contribution in [2.75, 3.05) is 36.8 Å². The fourth-order valence-corrected chi connectivity index (χ4v) is 3.87. The van der Waals surface area contributed by atoms with Crippen LogP contribution < -0.4 is 16.0 Å². The molecule has 0 radical (unpaired) electrons. The molecule has 3 amide bonds. The summed E-state index contributed by atoms with van der Waals surface area (Å²) in [6, 6.07) is 9.00. The van der Waals surface area contributed by atoms with Gasteiger partial charge in [0.25, 0.3) is 5.91 Å². The second-order valence-electron chi connectivity index (χ2n) is 7.41. The fraction of sp³-hybridized carbons (Fsp3) is 0.364. The van der Waals surface area contributed by atoms with Crippen molar-refractivity contribution in [3.63, 3.8) is 0 Å². The Bertz CT molecular complexity index is 933. The molecule has 0 aliphatic carbocycles. The van der Waals surface area contributed by atoms with Gasteiger partial charge >= 0.3 is 6.03 Å². The molecule has 1 heterocycles. The molecule has 9 heteroatoms. The standard InChI is InChI=1S/C22H25Cl3N4O2/c23-17-8-6-16(14-19(17)25)27-22(31)28-20-13-15(5-7-18(20)24)21(30)26-9-4-12-29-10-2-1-3-11-29/h5-8,13-14H,1-4,9-12H2,(H,26,30)(H2,27,28,31). The molecule has 0 saturated carbocycles. The number of hydrogen-bond donors (Lipinski definition) is 3. The Kier molecular flexibility index (Phi) is 8.84. The van der Waals surface area contributed by atoms with E-state index in [1.807, 2.05) is 0 Å². The highest BCUT2D eigenvalue weighted by Gasteiger charge is 2.13. The zero-order valence-electron chi connectivity index (χ0n) is 17.0. The first-order valence-corrected chi connectivity index (χ1v) is 11.4. The molecule has 3 N–H and O–H groups in total. The van der Waals surface area contributed by atoms with Crippen LogP contribution in [0.25, 0.3) is 0 Å². The van der Waals surface area contributed by atoms with E-state index in [1.165, 1.54) is 19.3 Å². The van der Waals surface area contributed by atoms with Crippen LogP contribution in [0.5, 0.6) is 0 Å². The molecule has 3 rings (SSSR count). The number of likely N-dealkylation sites (tertiary alicyclic amines) is 1. The van der Waals surface area contributed by atoms with Crippen molar-refractivity contribution in [1.82, 2.24) is 10.2 Å². The van der Waals surface area contributed by atoms with Crippen LogP contribution in [0.4, 0.5) is 16.2 Å². The quantitative estimate of drug-likeness (QED) is 0.429. The van der Waals surface area contributed by atoms with Crippen LogP contribution in [0.2, 0.25) is 15.1 Å². The van der Waals surface area contributed by atoms with Crippen LogP contribution in [0.1, 0.15) is 36.0 Å². The molecule has 1 saturated heterocycles. The molecule has 0 spiro atoms. The van der Waals surface area contributed by atoms with Gasteiger partial charge in [-0.25, -0.2) is 4.79 Å². The summed E-state index contributed by atoms with van der Waals surface area (Å²) in [5.41, 5.74) is 1.23. The van der Waals surface area contributed by atoms with Crippen LogP contribution in [0, 0.1) is 0 Å². The second kappa shape index (κ2) is 11.6. The van der Waals surface area contributed by atoms with E-state index >= 15 is 0 Å². The van der Waals surface area contributed by atoms with Gasteiger partial charge in [0.05, 0.1) is 20.8 Å². The van der Waals surface area contributed by atoms with Crippen molar-refractivity contribution in [1.29, 1.82) is 0 Å². The van der Waals surface area contributed by atoms with Crippen LogP contribution in [-0.4, -0.2) is 43.0 Å². The van der Waals surface area contributed by atoms with Crippen LogP contribution >= 0.6 is 34.8 Å². The molecule has 1 aliphatic heterocycles. The van der Waals surface area contributed by atoms with Gasteiger partial charge in [-0.05, 0) is 75.3 Å². The number of urea groups is 1. The van der Waals surface area contributed by atoms with E-state index in [0.717, 1.165) is 26.1 Å². The summed E-state index contributed by atoms with van der Waals surface area (Å²) in [5, 5.41) is 9.28. The first kappa shape index (κ1) is 23.7. The minimum atomic E-state index is -0.514. The maximum absolute atomic E-state index is 12.5. The third-order valence-corrected chi connectivity index (χ3v) is 6.11. The Morgan fingerprint density at radius 3 is 2.35 bits per heavy atom. The van der Waals surface area contributed by atoms with Crippen molar-refractivity contribution in [3.05, 3.63) is 57.0 Å². The van der Waals surface area contributed by atoms with E-state index in [9.17, 15) is 9.59 Å². The van der Waals surface area contributed by atoms with Gasteiger partial charge in [0.15, 0.2) is 0 Å². The minimum Gasteiger partial charge on any atom is -0.352 e. The molecule has 6 nitrogen and oxygen atoms in total. The summed E-state index contributed by atoms with van der Waals surface area (Å²) >= 11 is 18.0. The monoisotopic (exact) mass is 482 g/mol.